The van der Waals surface area contributed by atoms with Gasteiger partial charge in [-0.15, -0.1) is 0 Å². The van der Waals surface area contributed by atoms with Crippen LogP contribution in [0.3, 0.4) is 0 Å². The van der Waals surface area contributed by atoms with Gasteiger partial charge in [0.25, 0.3) is 10.0 Å². The summed E-state index contributed by atoms with van der Waals surface area (Å²) in [6.07, 6.45) is 2.15. The summed E-state index contributed by atoms with van der Waals surface area (Å²) in [7, 11) is -3.89. The van der Waals surface area contributed by atoms with Crippen LogP contribution in [0.15, 0.2) is 21.6 Å². The second-order valence-electron chi connectivity index (χ2n) is 4.37. The standard InChI is InChI=1S/C11H15NO6S/c13-7-8-3-1-2-6-12(8)19(16,17)10-5-4-9(18-10)11(14)15/h4-5,8,13H,1-3,6-7H2,(H,14,15). The quantitative estimate of drug-likeness (QED) is 0.836. The third kappa shape index (κ3) is 2.65. The molecule has 0 bridgehead atoms. The molecule has 106 valence electrons. The van der Waals surface area contributed by atoms with Gasteiger partial charge in [-0.05, 0) is 25.0 Å². The molecule has 2 N–H and O–H groups in total. The zero-order chi connectivity index (χ0) is 14.0. The molecule has 1 aliphatic rings. The molecule has 1 aliphatic heterocycles. The molecule has 8 heteroatoms. The Hall–Kier alpha value is -1.38. The van der Waals surface area contributed by atoms with Gasteiger partial charge in [-0.3, -0.25) is 0 Å². The van der Waals surface area contributed by atoms with Crippen LogP contribution in [0.5, 0.6) is 0 Å². The Morgan fingerprint density at radius 3 is 2.74 bits per heavy atom. The van der Waals surface area contributed by atoms with Crippen LogP contribution in [0.4, 0.5) is 0 Å². The number of hydrogen-bond donors (Lipinski definition) is 2. The minimum Gasteiger partial charge on any atom is -0.475 e. The SMILES string of the molecule is O=C(O)c1ccc(S(=O)(=O)N2CCCCC2CO)o1. The van der Waals surface area contributed by atoms with Crippen molar-refractivity contribution in [2.75, 3.05) is 13.2 Å². The van der Waals surface area contributed by atoms with Crippen LogP contribution in [-0.4, -0.2) is 48.1 Å². The first kappa shape index (κ1) is 14.0. The third-order valence-electron chi connectivity index (χ3n) is 3.14. The lowest BCUT2D eigenvalue weighted by atomic mass is 10.1. The summed E-state index contributed by atoms with van der Waals surface area (Å²) in [6.45, 7) is 0.0440. The van der Waals surface area contributed by atoms with E-state index in [1.807, 2.05) is 0 Å². The predicted molar refractivity (Wildman–Crippen MR) is 64.3 cm³/mol. The summed E-state index contributed by atoms with van der Waals surface area (Å²) in [6, 6.07) is 1.76. The molecule has 1 unspecified atom stereocenters. The molecule has 7 nitrogen and oxygen atoms in total. The first-order chi connectivity index (χ1) is 8.96. The number of furan rings is 1. The zero-order valence-corrected chi connectivity index (χ0v) is 11.0. The van der Waals surface area contributed by atoms with Crippen LogP contribution in [0.1, 0.15) is 29.8 Å². The number of sulfonamides is 1. The maximum Gasteiger partial charge on any atom is 0.371 e. The Morgan fingerprint density at radius 1 is 1.42 bits per heavy atom. The highest BCUT2D eigenvalue weighted by Gasteiger charge is 2.35. The van der Waals surface area contributed by atoms with Crippen LogP contribution >= 0.6 is 0 Å². The second kappa shape index (κ2) is 5.32. The van der Waals surface area contributed by atoms with E-state index in [1.165, 1.54) is 4.31 Å². The number of aliphatic hydroxyl groups excluding tert-OH is 1. The van der Waals surface area contributed by atoms with Crippen molar-refractivity contribution in [1.29, 1.82) is 0 Å². The summed E-state index contributed by atoms with van der Waals surface area (Å²) in [4.78, 5) is 10.7. The van der Waals surface area contributed by atoms with Gasteiger partial charge in [-0.2, -0.15) is 4.31 Å². The number of hydrogen-bond acceptors (Lipinski definition) is 5. The number of rotatable bonds is 4. The molecule has 0 saturated carbocycles. The first-order valence-electron chi connectivity index (χ1n) is 5.92. The second-order valence-corrected chi connectivity index (χ2v) is 6.19. The van der Waals surface area contributed by atoms with Gasteiger partial charge in [0.1, 0.15) is 0 Å². The van der Waals surface area contributed by atoms with E-state index in [4.69, 9.17) is 9.52 Å². The number of carboxylic acid groups (broad SMARTS) is 1. The van der Waals surface area contributed by atoms with E-state index in [9.17, 15) is 18.3 Å². The van der Waals surface area contributed by atoms with Gasteiger partial charge in [-0.25, -0.2) is 13.2 Å². The van der Waals surface area contributed by atoms with Crippen LogP contribution in [0, 0.1) is 0 Å². The van der Waals surface area contributed by atoms with E-state index in [0.717, 1.165) is 18.6 Å². The van der Waals surface area contributed by atoms with Crippen molar-refractivity contribution in [2.45, 2.75) is 30.4 Å². The van der Waals surface area contributed by atoms with Crippen LogP contribution in [-0.2, 0) is 10.0 Å². The molecule has 1 saturated heterocycles. The number of aromatic carboxylic acids is 1. The van der Waals surface area contributed by atoms with Crippen molar-refractivity contribution in [2.24, 2.45) is 0 Å². The van der Waals surface area contributed by atoms with Crippen LogP contribution in [0.25, 0.3) is 0 Å². The van der Waals surface area contributed by atoms with E-state index in [1.54, 1.807) is 0 Å². The lowest BCUT2D eigenvalue weighted by Crippen LogP contribution is -2.45. The Balaban J connectivity index is 2.32. The van der Waals surface area contributed by atoms with Gasteiger partial charge in [0, 0.05) is 12.6 Å². The minimum atomic E-state index is -3.89. The highest BCUT2D eigenvalue weighted by Crippen LogP contribution is 2.26. The molecule has 0 aliphatic carbocycles. The molecule has 2 heterocycles. The fourth-order valence-corrected chi connectivity index (χ4v) is 3.76. The Labute approximate surface area is 110 Å². The summed E-state index contributed by atoms with van der Waals surface area (Å²) in [5.41, 5.74) is 0. The average Bonchev–Trinajstić information content (AvgIpc) is 2.89. The molecule has 19 heavy (non-hydrogen) atoms. The van der Waals surface area contributed by atoms with E-state index in [-0.39, 0.29) is 6.61 Å². The number of aliphatic hydroxyl groups is 1. The molecule has 1 fully saturated rings. The van der Waals surface area contributed by atoms with Crippen LogP contribution in [0.2, 0.25) is 0 Å². The van der Waals surface area contributed by atoms with Crippen molar-refractivity contribution in [3.05, 3.63) is 17.9 Å². The predicted octanol–water partition coefficient (Wildman–Crippen LogP) is 0.513. The molecule has 1 aromatic rings. The zero-order valence-electron chi connectivity index (χ0n) is 10.2. The topological polar surface area (TPSA) is 108 Å². The first-order valence-corrected chi connectivity index (χ1v) is 7.36. The van der Waals surface area contributed by atoms with Gasteiger partial charge in [0.2, 0.25) is 10.9 Å². The number of carboxylic acids is 1. The van der Waals surface area contributed by atoms with E-state index in [2.05, 4.69) is 0 Å². The molecular formula is C11H15NO6S. The van der Waals surface area contributed by atoms with E-state index < -0.39 is 32.9 Å². The largest absolute Gasteiger partial charge is 0.475 e. The lowest BCUT2D eigenvalue weighted by Gasteiger charge is -2.32. The maximum absolute atomic E-state index is 12.3. The van der Waals surface area contributed by atoms with Gasteiger partial charge in [0.05, 0.1) is 6.61 Å². The van der Waals surface area contributed by atoms with Crippen molar-refractivity contribution in [3.8, 4) is 0 Å². The van der Waals surface area contributed by atoms with Crippen LogP contribution < -0.4 is 0 Å². The van der Waals surface area contributed by atoms with Gasteiger partial charge < -0.3 is 14.6 Å². The molecule has 0 amide bonds. The molecular weight excluding hydrogens is 274 g/mol. The average molecular weight is 289 g/mol. The molecule has 1 atom stereocenters. The van der Waals surface area contributed by atoms with Crippen molar-refractivity contribution in [1.82, 2.24) is 4.31 Å². The fourth-order valence-electron chi connectivity index (χ4n) is 2.16. The van der Waals surface area contributed by atoms with Gasteiger partial charge in [0.15, 0.2) is 0 Å². The lowest BCUT2D eigenvalue weighted by molar-refractivity contribution is 0.0655. The number of nitrogens with zero attached hydrogens (tertiary/aromatic N) is 1. The Kier molecular flexibility index (Phi) is 3.93. The summed E-state index contributed by atoms with van der Waals surface area (Å²) >= 11 is 0. The highest BCUT2D eigenvalue weighted by atomic mass is 32.2. The smallest absolute Gasteiger partial charge is 0.371 e. The van der Waals surface area contributed by atoms with Gasteiger partial charge >= 0.3 is 5.97 Å². The van der Waals surface area contributed by atoms with Crippen molar-refractivity contribution < 1.29 is 27.8 Å². The normalized spacial score (nSPS) is 21.4. The van der Waals surface area contributed by atoms with Gasteiger partial charge in [-0.1, -0.05) is 6.42 Å². The number of piperidine rings is 1. The molecule has 0 radical (unpaired) electrons. The Bertz CT molecular complexity index is 563. The molecule has 1 aromatic heterocycles. The molecule has 0 spiro atoms. The summed E-state index contributed by atoms with van der Waals surface area (Å²) in [5, 5.41) is 17.6. The summed E-state index contributed by atoms with van der Waals surface area (Å²) in [5.74, 6) is -1.74. The third-order valence-corrected chi connectivity index (χ3v) is 4.97. The monoisotopic (exact) mass is 289 g/mol. The molecule has 2 rings (SSSR count). The van der Waals surface area contributed by atoms with Crippen molar-refractivity contribution >= 4 is 16.0 Å². The molecule has 0 aromatic carbocycles. The summed E-state index contributed by atoms with van der Waals surface area (Å²) < 4.78 is 30.7. The Morgan fingerprint density at radius 2 is 2.16 bits per heavy atom. The fraction of sp³-hybridized carbons (Fsp3) is 0.545. The van der Waals surface area contributed by atoms with E-state index in [0.29, 0.717) is 19.4 Å². The number of carbonyl (C=O) groups is 1. The van der Waals surface area contributed by atoms with Crippen molar-refractivity contribution in [3.63, 3.8) is 0 Å². The minimum absolute atomic E-state index is 0.258. The highest BCUT2D eigenvalue weighted by molar-refractivity contribution is 7.89. The van der Waals surface area contributed by atoms with E-state index >= 15 is 0 Å². The maximum atomic E-state index is 12.3.